The summed E-state index contributed by atoms with van der Waals surface area (Å²) in [6.45, 7) is 5.98. The van der Waals surface area contributed by atoms with E-state index < -0.39 is 21.9 Å². The van der Waals surface area contributed by atoms with Gasteiger partial charge in [-0.2, -0.15) is 0 Å². The van der Waals surface area contributed by atoms with Crippen LogP contribution in [0.25, 0.3) is 0 Å². The van der Waals surface area contributed by atoms with E-state index in [0.29, 0.717) is 17.9 Å². The molecule has 0 heterocycles. The van der Waals surface area contributed by atoms with Gasteiger partial charge in [-0.05, 0) is 68.1 Å². The largest absolute Gasteiger partial charge is 0.497 e. The molecule has 2 aromatic carbocycles. The minimum Gasteiger partial charge on any atom is -0.497 e. The van der Waals surface area contributed by atoms with Gasteiger partial charge in [-0.15, -0.1) is 0 Å². The van der Waals surface area contributed by atoms with Gasteiger partial charge in [0.15, 0.2) is 0 Å². The van der Waals surface area contributed by atoms with Crippen LogP contribution in [0.3, 0.4) is 0 Å². The van der Waals surface area contributed by atoms with Crippen LogP contribution < -0.4 is 14.4 Å². The van der Waals surface area contributed by atoms with E-state index >= 15 is 0 Å². The zero-order chi connectivity index (χ0) is 27.6. The summed E-state index contributed by atoms with van der Waals surface area (Å²) in [6.07, 6.45) is 2.50. The monoisotopic (exact) mass is 535 g/mol. The molecule has 10 heteroatoms. The van der Waals surface area contributed by atoms with Gasteiger partial charge in [0.2, 0.25) is 21.8 Å². The second kappa shape index (κ2) is 14.0. The SMILES string of the molecule is CCC(C)NC(=O)C(CC)N(Cc1cccc(OC)c1)C(=O)CCCN(c1ccc(F)cc1)S(C)(=O)=O. The van der Waals surface area contributed by atoms with Gasteiger partial charge in [-0.1, -0.05) is 26.0 Å². The molecule has 0 aliphatic rings. The highest BCUT2D eigenvalue weighted by Gasteiger charge is 2.29. The minimum atomic E-state index is -3.65. The summed E-state index contributed by atoms with van der Waals surface area (Å²) in [4.78, 5) is 28.1. The van der Waals surface area contributed by atoms with E-state index in [-0.39, 0.29) is 43.8 Å². The molecule has 2 atom stereocenters. The Morgan fingerprint density at radius 1 is 1.08 bits per heavy atom. The number of carbonyl (C=O) groups excluding carboxylic acids is 2. The maximum atomic E-state index is 13.5. The lowest BCUT2D eigenvalue weighted by Crippen LogP contribution is -2.50. The summed E-state index contributed by atoms with van der Waals surface area (Å²) in [6, 6.07) is 11.7. The first kappa shape index (κ1) is 30.1. The molecule has 0 fully saturated rings. The van der Waals surface area contributed by atoms with Crippen LogP contribution >= 0.6 is 0 Å². The molecule has 0 spiro atoms. The second-order valence-corrected chi connectivity index (χ2v) is 10.9. The van der Waals surface area contributed by atoms with Crippen molar-refractivity contribution in [2.75, 3.05) is 24.2 Å². The molecule has 0 aromatic heterocycles. The quantitative estimate of drug-likeness (QED) is 0.393. The number of nitrogens with zero attached hydrogens (tertiary/aromatic N) is 2. The zero-order valence-electron chi connectivity index (χ0n) is 22.2. The van der Waals surface area contributed by atoms with Gasteiger partial charge in [0.1, 0.15) is 17.6 Å². The number of hydrogen-bond acceptors (Lipinski definition) is 5. The number of halogens is 1. The summed E-state index contributed by atoms with van der Waals surface area (Å²) in [5.74, 6) is -0.314. The number of rotatable bonds is 14. The van der Waals surface area contributed by atoms with Crippen molar-refractivity contribution >= 4 is 27.5 Å². The number of sulfonamides is 1. The highest BCUT2D eigenvalue weighted by molar-refractivity contribution is 7.92. The van der Waals surface area contributed by atoms with Crippen molar-refractivity contribution in [3.8, 4) is 5.75 Å². The minimum absolute atomic E-state index is 0.0320. The topological polar surface area (TPSA) is 96.0 Å². The lowest BCUT2D eigenvalue weighted by molar-refractivity contribution is -0.141. The third kappa shape index (κ3) is 9.03. The van der Waals surface area contributed by atoms with Gasteiger partial charge in [0.25, 0.3) is 0 Å². The third-order valence-corrected chi connectivity index (χ3v) is 7.33. The third-order valence-electron chi connectivity index (χ3n) is 6.14. The molecule has 204 valence electrons. The van der Waals surface area contributed by atoms with Crippen LogP contribution in [0.15, 0.2) is 48.5 Å². The molecule has 2 rings (SSSR count). The van der Waals surface area contributed by atoms with E-state index in [1.54, 1.807) is 18.1 Å². The van der Waals surface area contributed by atoms with E-state index in [1.165, 1.54) is 24.3 Å². The number of benzene rings is 2. The highest BCUT2D eigenvalue weighted by atomic mass is 32.2. The average Bonchev–Trinajstić information content (AvgIpc) is 2.86. The predicted octanol–water partition coefficient (Wildman–Crippen LogP) is 4.10. The lowest BCUT2D eigenvalue weighted by Gasteiger charge is -2.32. The van der Waals surface area contributed by atoms with Gasteiger partial charge >= 0.3 is 0 Å². The second-order valence-electron chi connectivity index (χ2n) is 9.03. The summed E-state index contributed by atoms with van der Waals surface area (Å²) in [7, 11) is -2.09. The van der Waals surface area contributed by atoms with E-state index in [9.17, 15) is 22.4 Å². The molecular formula is C27H38FN3O5S. The van der Waals surface area contributed by atoms with Crippen LogP contribution in [0.5, 0.6) is 5.75 Å². The molecule has 0 bridgehead atoms. The van der Waals surface area contributed by atoms with Crippen molar-refractivity contribution in [2.45, 2.75) is 65.1 Å². The van der Waals surface area contributed by atoms with Gasteiger partial charge in [0, 0.05) is 25.6 Å². The van der Waals surface area contributed by atoms with Crippen molar-refractivity contribution in [1.82, 2.24) is 10.2 Å². The Hall–Kier alpha value is -3.14. The highest BCUT2D eigenvalue weighted by Crippen LogP contribution is 2.21. The Morgan fingerprint density at radius 2 is 1.76 bits per heavy atom. The molecule has 0 saturated carbocycles. The van der Waals surface area contributed by atoms with E-state index in [1.807, 2.05) is 39.0 Å². The molecule has 2 aromatic rings. The van der Waals surface area contributed by atoms with Crippen LogP contribution in [-0.2, 0) is 26.2 Å². The van der Waals surface area contributed by atoms with Gasteiger partial charge in [0.05, 0.1) is 19.1 Å². The Kier molecular flexibility index (Phi) is 11.4. The standard InChI is InChI=1S/C27H38FN3O5S/c1-6-20(3)29-27(33)25(7-2)30(19-21-10-8-11-24(18-21)36-4)26(32)12-9-17-31(37(5,34)35)23-15-13-22(28)14-16-23/h8,10-11,13-16,18,20,25H,6-7,9,12,17,19H2,1-5H3,(H,29,33). The fourth-order valence-corrected chi connectivity index (χ4v) is 4.90. The van der Waals surface area contributed by atoms with Gasteiger partial charge < -0.3 is 15.0 Å². The molecule has 2 unspecified atom stereocenters. The molecule has 1 N–H and O–H groups in total. The van der Waals surface area contributed by atoms with Crippen LogP contribution in [-0.4, -0.2) is 57.1 Å². The molecule has 0 aliphatic carbocycles. The first-order valence-corrected chi connectivity index (χ1v) is 14.3. The number of amides is 2. The van der Waals surface area contributed by atoms with Crippen LogP contribution in [0.1, 0.15) is 52.0 Å². The van der Waals surface area contributed by atoms with Crippen LogP contribution in [0.4, 0.5) is 10.1 Å². The molecule has 0 radical (unpaired) electrons. The number of carbonyl (C=O) groups is 2. The Bertz CT molecular complexity index is 1140. The summed E-state index contributed by atoms with van der Waals surface area (Å²) >= 11 is 0. The maximum Gasteiger partial charge on any atom is 0.243 e. The molecular weight excluding hydrogens is 497 g/mol. The molecule has 0 aliphatic heterocycles. The first-order chi connectivity index (χ1) is 17.5. The number of ether oxygens (including phenoxy) is 1. The summed E-state index contributed by atoms with van der Waals surface area (Å²) in [5, 5.41) is 2.97. The fourth-order valence-electron chi connectivity index (χ4n) is 3.94. The zero-order valence-corrected chi connectivity index (χ0v) is 23.1. The van der Waals surface area contributed by atoms with Crippen molar-refractivity contribution in [3.63, 3.8) is 0 Å². The molecule has 0 saturated heterocycles. The van der Waals surface area contributed by atoms with E-state index in [4.69, 9.17) is 4.74 Å². The van der Waals surface area contributed by atoms with E-state index in [0.717, 1.165) is 22.5 Å². The van der Waals surface area contributed by atoms with Crippen LogP contribution in [0.2, 0.25) is 0 Å². The Balaban J connectivity index is 2.24. The van der Waals surface area contributed by atoms with Gasteiger partial charge in [-0.3, -0.25) is 13.9 Å². The van der Waals surface area contributed by atoms with E-state index in [2.05, 4.69) is 5.32 Å². The number of nitrogens with one attached hydrogen (secondary N) is 1. The fraction of sp³-hybridized carbons (Fsp3) is 0.481. The molecule has 2 amide bonds. The number of methoxy groups -OCH3 is 1. The van der Waals surface area contributed by atoms with Crippen molar-refractivity contribution in [3.05, 3.63) is 59.9 Å². The number of hydrogen-bond donors (Lipinski definition) is 1. The Morgan fingerprint density at radius 3 is 2.32 bits per heavy atom. The van der Waals surface area contributed by atoms with Crippen molar-refractivity contribution in [2.24, 2.45) is 0 Å². The first-order valence-electron chi connectivity index (χ1n) is 12.5. The van der Waals surface area contributed by atoms with Crippen molar-refractivity contribution in [1.29, 1.82) is 0 Å². The molecule has 37 heavy (non-hydrogen) atoms. The van der Waals surface area contributed by atoms with Crippen LogP contribution in [0, 0.1) is 5.82 Å². The predicted molar refractivity (Wildman–Crippen MR) is 143 cm³/mol. The maximum absolute atomic E-state index is 13.5. The average molecular weight is 536 g/mol. The smallest absolute Gasteiger partial charge is 0.243 e. The summed E-state index contributed by atoms with van der Waals surface area (Å²) in [5.41, 5.74) is 1.13. The lowest BCUT2D eigenvalue weighted by atomic mass is 10.1. The van der Waals surface area contributed by atoms with Crippen molar-refractivity contribution < 1.29 is 27.1 Å². The van der Waals surface area contributed by atoms with Gasteiger partial charge in [-0.25, -0.2) is 12.8 Å². The normalized spacial score (nSPS) is 12.9. The number of anilines is 1. The molecule has 8 nitrogen and oxygen atoms in total. The summed E-state index contributed by atoms with van der Waals surface area (Å²) < 4.78 is 44.5. The Labute approximate surface area is 219 Å².